The molecule has 0 bridgehead atoms. The molecule has 66 valence electrons. The smallest absolute Gasteiger partial charge is 0.341 e. The number of thiophene rings is 1. The number of hydrogen-bond acceptors (Lipinski definition) is 4. The van der Waals surface area contributed by atoms with Gasteiger partial charge in [0.05, 0.1) is 0 Å². The molecule has 0 saturated carbocycles. The maximum atomic E-state index is 11.0. The van der Waals surface area contributed by atoms with Gasteiger partial charge in [-0.15, -0.1) is 11.3 Å². The zero-order valence-corrected chi connectivity index (χ0v) is 7.50. The van der Waals surface area contributed by atoms with E-state index in [1.54, 1.807) is 24.4 Å². The first-order chi connectivity index (χ1) is 5.74. The topological polar surface area (TPSA) is 46.5 Å². The fourth-order valence-corrected chi connectivity index (χ4v) is 1.23. The van der Waals surface area contributed by atoms with Gasteiger partial charge in [-0.1, -0.05) is 6.92 Å². The van der Waals surface area contributed by atoms with Gasteiger partial charge in [0.2, 0.25) is 0 Å². The minimum absolute atomic E-state index is 0.379. The van der Waals surface area contributed by atoms with E-state index in [1.807, 2.05) is 0 Å². The van der Waals surface area contributed by atoms with Gasteiger partial charge in [-0.05, 0) is 23.9 Å². The normalized spacial score (nSPS) is 12.5. The van der Waals surface area contributed by atoms with Crippen LogP contribution >= 0.6 is 11.3 Å². The van der Waals surface area contributed by atoms with Crippen molar-refractivity contribution in [2.45, 2.75) is 19.4 Å². The van der Waals surface area contributed by atoms with Crippen LogP contribution in [0.2, 0.25) is 0 Å². The van der Waals surface area contributed by atoms with Gasteiger partial charge < -0.3 is 9.84 Å². The summed E-state index contributed by atoms with van der Waals surface area (Å²) in [6, 6.07) is 3.47. The fourth-order valence-electron chi connectivity index (χ4n) is 0.655. The first kappa shape index (κ1) is 9.22. The summed E-state index contributed by atoms with van der Waals surface area (Å²) in [6.45, 7) is 1.72. The van der Waals surface area contributed by atoms with Crippen LogP contribution in [0.4, 0.5) is 0 Å². The van der Waals surface area contributed by atoms with Crippen molar-refractivity contribution in [3.8, 4) is 5.06 Å². The molecule has 3 nitrogen and oxygen atoms in total. The Morgan fingerprint density at radius 1 is 1.83 bits per heavy atom. The van der Waals surface area contributed by atoms with Gasteiger partial charge in [-0.3, -0.25) is 0 Å². The minimum Gasteiger partial charge on any atom is -0.414 e. The molecule has 1 rings (SSSR count). The summed E-state index contributed by atoms with van der Waals surface area (Å²) in [7, 11) is 0. The minimum atomic E-state index is -1.01. The third-order valence-corrected chi connectivity index (χ3v) is 2.10. The summed E-state index contributed by atoms with van der Waals surface area (Å²) in [4.78, 5) is 11.0. The van der Waals surface area contributed by atoms with Crippen LogP contribution in [0.1, 0.15) is 13.3 Å². The van der Waals surface area contributed by atoms with Crippen LogP contribution in [0.25, 0.3) is 0 Å². The Hall–Kier alpha value is -0.870. The summed E-state index contributed by atoms with van der Waals surface area (Å²) in [5, 5.41) is 11.4. The molecular weight excluding hydrogens is 176 g/mol. The van der Waals surface area contributed by atoms with Gasteiger partial charge in [0.15, 0.2) is 11.2 Å². The summed E-state index contributed by atoms with van der Waals surface area (Å²) < 4.78 is 4.84. The molecule has 0 amide bonds. The lowest BCUT2D eigenvalue weighted by Gasteiger charge is -2.05. The molecule has 0 saturated heterocycles. The zero-order valence-electron chi connectivity index (χ0n) is 6.69. The van der Waals surface area contributed by atoms with Crippen molar-refractivity contribution in [3.63, 3.8) is 0 Å². The summed E-state index contributed by atoms with van der Waals surface area (Å²) in [6.07, 6.45) is -0.628. The van der Waals surface area contributed by atoms with Crippen molar-refractivity contribution >= 4 is 17.3 Å². The van der Waals surface area contributed by atoms with Crippen LogP contribution in [0, 0.1) is 0 Å². The zero-order chi connectivity index (χ0) is 8.97. The SMILES string of the molecule is CCC(O)C(=O)Oc1cccs1. The van der Waals surface area contributed by atoms with Crippen molar-refractivity contribution in [2.24, 2.45) is 0 Å². The van der Waals surface area contributed by atoms with E-state index in [-0.39, 0.29) is 0 Å². The largest absolute Gasteiger partial charge is 0.414 e. The van der Waals surface area contributed by atoms with Gasteiger partial charge in [-0.25, -0.2) is 4.79 Å². The molecule has 0 radical (unpaired) electrons. The molecule has 12 heavy (non-hydrogen) atoms. The standard InChI is InChI=1S/C8H10O3S/c1-2-6(9)8(10)11-7-4-3-5-12-7/h3-6,9H,2H2,1H3. The number of rotatable bonds is 3. The Bertz CT molecular complexity index is 243. The lowest BCUT2D eigenvalue weighted by Crippen LogP contribution is -2.24. The monoisotopic (exact) mass is 186 g/mol. The Balaban J connectivity index is 2.47. The highest BCUT2D eigenvalue weighted by atomic mass is 32.1. The van der Waals surface area contributed by atoms with E-state index in [0.29, 0.717) is 11.5 Å². The van der Waals surface area contributed by atoms with Gasteiger partial charge in [-0.2, -0.15) is 0 Å². The molecule has 0 aromatic carbocycles. The average Bonchev–Trinajstić information content (AvgIpc) is 2.55. The van der Waals surface area contributed by atoms with E-state index in [9.17, 15) is 4.79 Å². The first-order valence-corrected chi connectivity index (χ1v) is 4.55. The maximum Gasteiger partial charge on any atom is 0.341 e. The van der Waals surface area contributed by atoms with E-state index in [4.69, 9.17) is 9.84 Å². The van der Waals surface area contributed by atoms with E-state index in [1.165, 1.54) is 11.3 Å². The number of aliphatic hydroxyl groups excluding tert-OH is 1. The van der Waals surface area contributed by atoms with Crippen molar-refractivity contribution < 1.29 is 14.6 Å². The third-order valence-electron chi connectivity index (χ3n) is 1.36. The highest BCUT2D eigenvalue weighted by Gasteiger charge is 2.14. The number of esters is 1. The van der Waals surface area contributed by atoms with Crippen molar-refractivity contribution in [3.05, 3.63) is 17.5 Å². The Kier molecular flexibility index (Phi) is 3.25. The number of ether oxygens (including phenoxy) is 1. The molecule has 0 aliphatic heterocycles. The van der Waals surface area contributed by atoms with E-state index >= 15 is 0 Å². The van der Waals surface area contributed by atoms with Crippen LogP contribution in [0.3, 0.4) is 0 Å². The number of carbonyl (C=O) groups is 1. The van der Waals surface area contributed by atoms with Gasteiger partial charge >= 0.3 is 5.97 Å². The number of hydrogen-bond donors (Lipinski definition) is 1. The molecule has 1 unspecified atom stereocenters. The van der Waals surface area contributed by atoms with Crippen LogP contribution in [-0.4, -0.2) is 17.2 Å². The van der Waals surface area contributed by atoms with E-state index in [2.05, 4.69) is 0 Å². The van der Waals surface area contributed by atoms with Gasteiger partial charge in [0, 0.05) is 0 Å². The molecular formula is C8H10O3S. The third kappa shape index (κ3) is 2.32. The summed E-state index contributed by atoms with van der Waals surface area (Å²) >= 11 is 1.32. The van der Waals surface area contributed by atoms with Crippen LogP contribution in [-0.2, 0) is 4.79 Å². The molecule has 0 spiro atoms. The fraction of sp³-hybridized carbons (Fsp3) is 0.375. The second kappa shape index (κ2) is 4.23. The number of carbonyl (C=O) groups excluding carboxylic acids is 1. The van der Waals surface area contributed by atoms with Gasteiger partial charge in [0.1, 0.15) is 0 Å². The lowest BCUT2D eigenvalue weighted by atomic mass is 10.3. The Morgan fingerprint density at radius 3 is 3.08 bits per heavy atom. The highest BCUT2D eigenvalue weighted by molar-refractivity contribution is 7.11. The first-order valence-electron chi connectivity index (χ1n) is 3.67. The molecule has 1 heterocycles. The summed E-state index contributed by atoms with van der Waals surface area (Å²) in [5.74, 6) is -0.583. The molecule has 0 fully saturated rings. The van der Waals surface area contributed by atoms with Crippen LogP contribution in [0.5, 0.6) is 5.06 Å². The molecule has 0 aliphatic rings. The lowest BCUT2D eigenvalue weighted by molar-refractivity contribution is -0.143. The highest BCUT2D eigenvalue weighted by Crippen LogP contribution is 2.18. The number of aliphatic hydroxyl groups is 1. The Labute approximate surface area is 74.6 Å². The van der Waals surface area contributed by atoms with Crippen LogP contribution < -0.4 is 4.74 Å². The Morgan fingerprint density at radius 2 is 2.58 bits per heavy atom. The maximum absolute atomic E-state index is 11.0. The van der Waals surface area contributed by atoms with Crippen molar-refractivity contribution in [2.75, 3.05) is 0 Å². The molecule has 1 aromatic heterocycles. The molecule has 1 atom stereocenters. The predicted octanol–water partition coefficient (Wildman–Crippen LogP) is 1.42. The molecule has 0 aliphatic carbocycles. The molecule has 4 heteroatoms. The molecule has 1 N–H and O–H groups in total. The quantitative estimate of drug-likeness (QED) is 0.726. The average molecular weight is 186 g/mol. The molecule has 1 aromatic rings. The van der Waals surface area contributed by atoms with E-state index in [0.717, 1.165) is 0 Å². The van der Waals surface area contributed by atoms with Crippen molar-refractivity contribution in [1.82, 2.24) is 0 Å². The predicted molar refractivity (Wildman–Crippen MR) is 46.3 cm³/mol. The van der Waals surface area contributed by atoms with Crippen LogP contribution in [0.15, 0.2) is 17.5 Å². The van der Waals surface area contributed by atoms with Gasteiger partial charge in [0.25, 0.3) is 0 Å². The second-order valence-electron chi connectivity index (χ2n) is 2.28. The van der Waals surface area contributed by atoms with E-state index < -0.39 is 12.1 Å². The van der Waals surface area contributed by atoms with Crippen molar-refractivity contribution in [1.29, 1.82) is 0 Å². The second-order valence-corrected chi connectivity index (χ2v) is 3.19. The summed E-state index contributed by atoms with van der Waals surface area (Å²) in [5.41, 5.74) is 0.